The molecule has 0 aliphatic carbocycles. The molecule has 0 radical (unpaired) electrons. The lowest BCUT2D eigenvalue weighted by atomic mass is 10.1. The van der Waals surface area contributed by atoms with Gasteiger partial charge in [0.25, 0.3) is 5.91 Å². The molecule has 0 spiro atoms. The summed E-state index contributed by atoms with van der Waals surface area (Å²) in [7, 11) is 0. The van der Waals surface area contributed by atoms with Crippen LogP contribution in [-0.2, 0) is 11.0 Å². The Morgan fingerprint density at radius 2 is 1.69 bits per heavy atom. The van der Waals surface area contributed by atoms with E-state index in [1.54, 1.807) is 12.1 Å². The number of nitrogens with zero attached hydrogens (tertiary/aromatic N) is 4. The summed E-state index contributed by atoms with van der Waals surface area (Å²) in [5.74, 6) is 0.190. The Bertz CT molecular complexity index is 1370. The summed E-state index contributed by atoms with van der Waals surface area (Å²) in [6.45, 7) is 1.99. The molecule has 0 saturated heterocycles. The molecular formula is C25H19ClF3N5OS. The van der Waals surface area contributed by atoms with Crippen LogP contribution in [0.1, 0.15) is 16.7 Å². The van der Waals surface area contributed by atoms with Crippen molar-refractivity contribution < 1.29 is 18.0 Å². The van der Waals surface area contributed by atoms with Crippen LogP contribution in [-0.4, -0.2) is 32.6 Å². The summed E-state index contributed by atoms with van der Waals surface area (Å²) >= 11 is 7.22. The SMILES string of the molecule is Cc1ccc(-c2nnc(SCC(=O)N/N=C\c3ccc(C(F)(F)F)cc3)n2-c2ccc(Cl)cc2)cc1. The second-order valence-electron chi connectivity index (χ2n) is 7.69. The number of hydrogen-bond donors (Lipinski definition) is 1. The molecule has 1 heterocycles. The zero-order valence-corrected chi connectivity index (χ0v) is 20.4. The number of aryl methyl sites for hydroxylation is 1. The van der Waals surface area contributed by atoms with Gasteiger partial charge in [0, 0.05) is 16.3 Å². The molecule has 3 aromatic carbocycles. The maximum Gasteiger partial charge on any atom is 0.416 e. The first-order chi connectivity index (χ1) is 17.2. The molecule has 0 atom stereocenters. The van der Waals surface area contributed by atoms with Crippen molar-refractivity contribution in [1.82, 2.24) is 20.2 Å². The van der Waals surface area contributed by atoms with Gasteiger partial charge < -0.3 is 0 Å². The predicted octanol–water partition coefficient (Wildman–Crippen LogP) is 6.16. The number of benzene rings is 3. The van der Waals surface area contributed by atoms with Crippen molar-refractivity contribution in [3.05, 3.63) is 94.5 Å². The van der Waals surface area contributed by atoms with E-state index in [1.165, 1.54) is 30.1 Å². The van der Waals surface area contributed by atoms with Crippen LogP contribution in [0.25, 0.3) is 17.1 Å². The minimum absolute atomic E-state index is 0.00995. The van der Waals surface area contributed by atoms with Crippen LogP contribution in [0, 0.1) is 6.92 Å². The third-order valence-corrected chi connectivity index (χ3v) is 6.18. The number of carbonyl (C=O) groups excluding carboxylic acids is 1. The Hall–Kier alpha value is -3.63. The lowest BCUT2D eigenvalue weighted by Gasteiger charge is -2.10. The van der Waals surface area contributed by atoms with Crippen molar-refractivity contribution in [2.24, 2.45) is 5.10 Å². The normalized spacial score (nSPS) is 11.7. The van der Waals surface area contributed by atoms with Crippen LogP contribution in [0.4, 0.5) is 13.2 Å². The number of carbonyl (C=O) groups is 1. The van der Waals surface area contributed by atoms with Crippen LogP contribution in [0.2, 0.25) is 5.02 Å². The van der Waals surface area contributed by atoms with E-state index in [0.717, 1.165) is 28.9 Å². The van der Waals surface area contributed by atoms with Gasteiger partial charge in [0.2, 0.25) is 0 Å². The molecular weight excluding hydrogens is 511 g/mol. The fraction of sp³-hybridized carbons (Fsp3) is 0.120. The number of rotatable bonds is 7. The average molecular weight is 530 g/mol. The third-order valence-electron chi connectivity index (χ3n) is 5.00. The molecule has 0 aliphatic heterocycles. The molecule has 0 fully saturated rings. The van der Waals surface area contributed by atoms with Gasteiger partial charge in [-0.05, 0) is 48.9 Å². The zero-order valence-electron chi connectivity index (χ0n) is 18.8. The Morgan fingerprint density at radius 1 is 1.03 bits per heavy atom. The molecule has 0 aliphatic rings. The maximum atomic E-state index is 12.7. The first-order valence-corrected chi connectivity index (χ1v) is 12.0. The van der Waals surface area contributed by atoms with E-state index < -0.39 is 17.6 Å². The number of alkyl halides is 3. The lowest BCUT2D eigenvalue weighted by Crippen LogP contribution is -2.20. The first kappa shape index (κ1) is 25.5. The minimum atomic E-state index is -4.41. The predicted molar refractivity (Wildman–Crippen MR) is 134 cm³/mol. The quantitative estimate of drug-likeness (QED) is 0.177. The van der Waals surface area contributed by atoms with Crippen molar-refractivity contribution in [1.29, 1.82) is 0 Å². The summed E-state index contributed by atoms with van der Waals surface area (Å²) < 4.78 is 39.8. The fourth-order valence-electron chi connectivity index (χ4n) is 3.18. The number of aromatic nitrogens is 3. The molecule has 4 rings (SSSR count). The van der Waals surface area contributed by atoms with E-state index in [4.69, 9.17) is 11.6 Å². The summed E-state index contributed by atoms with van der Waals surface area (Å²) in [6.07, 6.45) is -3.14. The smallest absolute Gasteiger partial charge is 0.272 e. The van der Waals surface area contributed by atoms with Gasteiger partial charge in [0.05, 0.1) is 17.5 Å². The van der Waals surface area contributed by atoms with Gasteiger partial charge in [0.1, 0.15) is 0 Å². The standard InChI is InChI=1S/C25H19ClF3N5OS/c1-16-2-6-18(7-3-16)23-32-33-24(34(23)21-12-10-20(26)11-13-21)36-15-22(35)31-30-14-17-4-8-19(9-5-17)25(27,28)29/h2-14H,15H2,1H3,(H,31,35)/b30-14-. The topological polar surface area (TPSA) is 72.2 Å². The monoisotopic (exact) mass is 529 g/mol. The number of halogens is 4. The van der Waals surface area contributed by atoms with Crippen molar-refractivity contribution >= 4 is 35.5 Å². The van der Waals surface area contributed by atoms with Crippen LogP contribution in [0.5, 0.6) is 0 Å². The molecule has 0 bridgehead atoms. The van der Waals surface area contributed by atoms with E-state index in [-0.39, 0.29) is 5.75 Å². The summed E-state index contributed by atoms with van der Waals surface area (Å²) in [5.41, 5.74) is 4.79. The van der Waals surface area contributed by atoms with Crippen molar-refractivity contribution in [3.63, 3.8) is 0 Å². The largest absolute Gasteiger partial charge is 0.416 e. The highest BCUT2D eigenvalue weighted by Crippen LogP contribution is 2.30. The van der Waals surface area contributed by atoms with Gasteiger partial charge in [-0.25, -0.2) is 5.43 Å². The number of amides is 1. The molecule has 6 nitrogen and oxygen atoms in total. The Balaban J connectivity index is 1.46. The molecule has 0 unspecified atom stereocenters. The van der Waals surface area contributed by atoms with Gasteiger partial charge in [-0.15, -0.1) is 10.2 Å². The highest BCUT2D eigenvalue weighted by atomic mass is 35.5. The molecule has 1 N–H and O–H groups in total. The summed E-state index contributed by atoms with van der Waals surface area (Å²) in [6, 6.07) is 19.5. The lowest BCUT2D eigenvalue weighted by molar-refractivity contribution is -0.137. The van der Waals surface area contributed by atoms with E-state index in [1.807, 2.05) is 47.9 Å². The minimum Gasteiger partial charge on any atom is -0.272 e. The highest BCUT2D eigenvalue weighted by Gasteiger charge is 2.29. The van der Waals surface area contributed by atoms with E-state index in [2.05, 4.69) is 20.7 Å². The van der Waals surface area contributed by atoms with Crippen molar-refractivity contribution in [2.45, 2.75) is 18.3 Å². The number of nitrogens with one attached hydrogen (secondary N) is 1. The Kier molecular flexibility index (Phi) is 7.76. The van der Waals surface area contributed by atoms with Crippen LogP contribution in [0.15, 0.2) is 83.1 Å². The third kappa shape index (κ3) is 6.32. The molecule has 36 heavy (non-hydrogen) atoms. The van der Waals surface area contributed by atoms with Crippen LogP contribution >= 0.6 is 23.4 Å². The van der Waals surface area contributed by atoms with E-state index >= 15 is 0 Å². The van der Waals surface area contributed by atoms with Gasteiger partial charge in [-0.3, -0.25) is 9.36 Å². The number of hydrogen-bond acceptors (Lipinski definition) is 5. The number of thioether (sulfide) groups is 1. The molecule has 1 amide bonds. The Morgan fingerprint density at radius 3 is 2.33 bits per heavy atom. The Labute approximate surface area is 214 Å². The molecule has 1 aromatic heterocycles. The molecule has 4 aromatic rings. The summed E-state index contributed by atoms with van der Waals surface area (Å²) in [5, 5.41) is 13.5. The van der Waals surface area contributed by atoms with Gasteiger partial charge in [-0.1, -0.05) is 65.3 Å². The van der Waals surface area contributed by atoms with E-state index in [9.17, 15) is 18.0 Å². The molecule has 0 saturated carbocycles. The second-order valence-corrected chi connectivity index (χ2v) is 9.06. The fourth-order valence-corrected chi connectivity index (χ4v) is 4.05. The highest BCUT2D eigenvalue weighted by molar-refractivity contribution is 7.99. The molecule has 11 heteroatoms. The second kappa shape index (κ2) is 11.0. The average Bonchev–Trinajstić information content (AvgIpc) is 3.27. The van der Waals surface area contributed by atoms with Gasteiger partial charge >= 0.3 is 6.18 Å². The first-order valence-electron chi connectivity index (χ1n) is 10.6. The number of hydrazone groups is 1. The van der Waals surface area contributed by atoms with Gasteiger partial charge in [0.15, 0.2) is 11.0 Å². The summed E-state index contributed by atoms with van der Waals surface area (Å²) in [4.78, 5) is 12.3. The zero-order chi connectivity index (χ0) is 25.7. The van der Waals surface area contributed by atoms with Crippen LogP contribution in [0.3, 0.4) is 0 Å². The van der Waals surface area contributed by atoms with Gasteiger partial charge in [-0.2, -0.15) is 18.3 Å². The van der Waals surface area contributed by atoms with Crippen molar-refractivity contribution in [2.75, 3.05) is 5.75 Å². The molecule has 184 valence electrons. The maximum absolute atomic E-state index is 12.7. The van der Waals surface area contributed by atoms with E-state index in [0.29, 0.717) is 21.6 Å². The van der Waals surface area contributed by atoms with Crippen molar-refractivity contribution in [3.8, 4) is 17.1 Å². The van der Waals surface area contributed by atoms with Crippen LogP contribution < -0.4 is 5.43 Å².